The number of imide groups is 2. The van der Waals surface area contributed by atoms with Crippen molar-refractivity contribution in [2.45, 2.75) is 70.4 Å². The van der Waals surface area contributed by atoms with Crippen LogP contribution in [0.3, 0.4) is 0 Å². The van der Waals surface area contributed by atoms with E-state index >= 15 is 0 Å². The number of benzene rings is 3. The van der Waals surface area contributed by atoms with Gasteiger partial charge in [0.2, 0.25) is 17.7 Å². The van der Waals surface area contributed by atoms with E-state index in [0.717, 1.165) is 40.0 Å². The molecule has 2 saturated heterocycles. The van der Waals surface area contributed by atoms with Gasteiger partial charge in [-0.3, -0.25) is 48.8 Å². The zero-order valence-corrected chi connectivity index (χ0v) is 33.1. The standard InChI is InChI=1S/C44H48N8O7/c1-26(48-34-13-9-12-30-38(34)44(59)52(43(30)58)35-17-18-37(54)50-42(35)57)36(53)14-7-4-8-21-46-40(55)27-19-22-51(23-20-27)29-15-16-33-31(24-29)39(32(25-47-33)41(56)45-2)49-28-10-5-3-6-11-28/h3,5-6,9-13,15-16,24-27,35,48H,4,7-8,14,17-23H2,1-2H3,(H,45,56)(H,46,55)(H,47,49)(H,50,54,57). The number of aromatic nitrogens is 1. The second-order valence-corrected chi connectivity index (χ2v) is 15.2. The summed E-state index contributed by atoms with van der Waals surface area (Å²) in [6.45, 7) is 3.62. The SMILES string of the molecule is CNC(=O)c1cnc2ccc(N3CCC(C(=O)NCCCCCC(=O)C(C)Nc4cccc5c4C(=O)N(C4CCC(=O)NC4=O)C5=O)CC3)cc2c1Nc1ccccc1. The van der Waals surface area contributed by atoms with Crippen molar-refractivity contribution >= 4 is 74.9 Å². The molecule has 0 bridgehead atoms. The molecule has 59 heavy (non-hydrogen) atoms. The number of nitrogens with zero attached hydrogens (tertiary/aromatic N) is 3. The van der Waals surface area contributed by atoms with Crippen LogP contribution in [0.4, 0.5) is 22.7 Å². The Kier molecular flexibility index (Phi) is 12.3. The minimum atomic E-state index is -1.07. The molecule has 6 amide bonds. The average Bonchev–Trinajstić information content (AvgIpc) is 3.50. The van der Waals surface area contributed by atoms with Crippen LogP contribution in [0.15, 0.2) is 72.9 Å². The van der Waals surface area contributed by atoms with Gasteiger partial charge in [0.25, 0.3) is 17.7 Å². The molecule has 2 atom stereocenters. The lowest BCUT2D eigenvalue weighted by Gasteiger charge is -2.33. The topological polar surface area (TPSA) is 199 Å². The lowest BCUT2D eigenvalue weighted by Crippen LogP contribution is -2.54. The van der Waals surface area contributed by atoms with Crippen molar-refractivity contribution in [1.29, 1.82) is 0 Å². The maximum absolute atomic E-state index is 13.4. The van der Waals surface area contributed by atoms with Gasteiger partial charge in [0.1, 0.15) is 6.04 Å². The molecule has 3 aliphatic rings. The fourth-order valence-corrected chi connectivity index (χ4v) is 8.01. The molecular formula is C44H48N8O7. The van der Waals surface area contributed by atoms with Gasteiger partial charge in [-0.2, -0.15) is 0 Å². The molecule has 3 aromatic carbocycles. The first-order valence-electron chi connectivity index (χ1n) is 20.2. The maximum atomic E-state index is 13.4. The van der Waals surface area contributed by atoms with Crippen LogP contribution >= 0.6 is 0 Å². The van der Waals surface area contributed by atoms with Crippen molar-refractivity contribution in [2.75, 3.05) is 42.2 Å². The van der Waals surface area contributed by atoms with Gasteiger partial charge in [-0.15, -0.1) is 0 Å². The molecule has 4 aromatic rings. The number of carbonyl (C=O) groups excluding carboxylic acids is 7. The Morgan fingerprint density at radius 2 is 1.68 bits per heavy atom. The summed E-state index contributed by atoms with van der Waals surface area (Å²) in [5.41, 5.74) is 4.33. The van der Waals surface area contributed by atoms with E-state index in [1.54, 1.807) is 32.3 Å². The molecule has 15 nitrogen and oxygen atoms in total. The highest BCUT2D eigenvalue weighted by molar-refractivity contribution is 6.25. The van der Waals surface area contributed by atoms with Crippen LogP contribution in [0.5, 0.6) is 0 Å². The van der Waals surface area contributed by atoms with Crippen molar-refractivity contribution in [3.63, 3.8) is 0 Å². The van der Waals surface area contributed by atoms with Crippen LogP contribution in [0.25, 0.3) is 10.9 Å². The summed E-state index contributed by atoms with van der Waals surface area (Å²) in [6.07, 6.45) is 5.47. The molecule has 0 aliphatic carbocycles. The molecule has 5 N–H and O–H groups in total. The Balaban J connectivity index is 0.851. The predicted molar refractivity (Wildman–Crippen MR) is 222 cm³/mol. The van der Waals surface area contributed by atoms with Gasteiger partial charge in [0.15, 0.2) is 5.78 Å². The summed E-state index contributed by atoms with van der Waals surface area (Å²) in [5.74, 6) is -2.74. The molecule has 1 aromatic heterocycles. The zero-order chi connectivity index (χ0) is 41.6. The van der Waals surface area contributed by atoms with E-state index in [1.807, 2.05) is 42.5 Å². The van der Waals surface area contributed by atoms with Crippen molar-refractivity contribution in [3.8, 4) is 0 Å². The van der Waals surface area contributed by atoms with E-state index in [9.17, 15) is 33.6 Å². The van der Waals surface area contributed by atoms with Crippen molar-refractivity contribution in [3.05, 3.63) is 89.6 Å². The van der Waals surface area contributed by atoms with Crippen LogP contribution in [-0.4, -0.2) is 89.9 Å². The third-order valence-electron chi connectivity index (χ3n) is 11.3. The summed E-state index contributed by atoms with van der Waals surface area (Å²) in [6, 6.07) is 18.8. The molecule has 2 unspecified atom stereocenters. The van der Waals surface area contributed by atoms with E-state index < -0.39 is 35.7 Å². The first-order chi connectivity index (χ1) is 28.5. The lowest BCUT2D eigenvalue weighted by atomic mass is 9.95. The van der Waals surface area contributed by atoms with Crippen LogP contribution < -0.4 is 31.5 Å². The Bertz CT molecular complexity index is 2310. The Labute approximate surface area is 341 Å². The molecule has 0 radical (unpaired) electrons. The maximum Gasteiger partial charge on any atom is 0.264 e. The van der Waals surface area contributed by atoms with E-state index in [2.05, 4.69) is 42.5 Å². The van der Waals surface area contributed by atoms with Gasteiger partial charge in [-0.05, 0) is 81.5 Å². The van der Waals surface area contributed by atoms with Crippen LogP contribution in [-0.2, 0) is 19.2 Å². The summed E-state index contributed by atoms with van der Waals surface area (Å²) in [4.78, 5) is 97.3. The summed E-state index contributed by atoms with van der Waals surface area (Å²) < 4.78 is 0. The first-order valence-corrected chi connectivity index (χ1v) is 20.2. The second kappa shape index (κ2) is 17.9. The molecule has 3 aliphatic heterocycles. The Hall–Kier alpha value is -6.64. The fourth-order valence-electron chi connectivity index (χ4n) is 8.01. The van der Waals surface area contributed by atoms with Gasteiger partial charge in [0.05, 0.1) is 33.9 Å². The number of hydrogen-bond donors (Lipinski definition) is 5. The smallest absolute Gasteiger partial charge is 0.264 e. The molecule has 15 heteroatoms. The zero-order valence-electron chi connectivity index (χ0n) is 33.1. The average molecular weight is 801 g/mol. The number of ketones is 1. The highest BCUT2D eigenvalue weighted by atomic mass is 16.2. The van der Waals surface area contributed by atoms with Crippen LogP contribution in [0.2, 0.25) is 0 Å². The van der Waals surface area contributed by atoms with E-state index in [-0.39, 0.29) is 47.5 Å². The number of piperidine rings is 2. The van der Waals surface area contributed by atoms with E-state index in [4.69, 9.17) is 0 Å². The minimum absolute atomic E-state index is 0.0269. The summed E-state index contributed by atoms with van der Waals surface area (Å²) >= 11 is 0. The molecular weight excluding hydrogens is 753 g/mol. The third kappa shape index (κ3) is 8.78. The monoisotopic (exact) mass is 800 g/mol. The van der Waals surface area contributed by atoms with Crippen molar-refractivity contribution in [2.24, 2.45) is 5.92 Å². The van der Waals surface area contributed by atoms with Gasteiger partial charge in [-0.1, -0.05) is 30.7 Å². The Morgan fingerprint density at radius 1 is 0.898 bits per heavy atom. The van der Waals surface area contributed by atoms with E-state index in [1.165, 1.54) is 6.07 Å². The second-order valence-electron chi connectivity index (χ2n) is 15.2. The highest BCUT2D eigenvalue weighted by Crippen LogP contribution is 2.35. The van der Waals surface area contributed by atoms with Crippen LogP contribution in [0.1, 0.15) is 89.4 Å². The first kappa shape index (κ1) is 40.6. The number of carbonyl (C=O) groups is 7. The number of Topliss-reactive ketones (excluding diaryl/α,β-unsaturated/α-hetero) is 1. The fraction of sp³-hybridized carbons (Fsp3) is 0.364. The number of amides is 6. The molecule has 7 rings (SSSR count). The van der Waals surface area contributed by atoms with Gasteiger partial charge >= 0.3 is 0 Å². The number of hydrogen-bond acceptors (Lipinski definition) is 11. The molecule has 0 spiro atoms. The number of fused-ring (bicyclic) bond motifs is 2. The number of anilines is 4. The summed E-state index contributed by atoms with van der Waals surface area (Å²) in [7, 11) is 1.60. The van der Waals surface area contributed by atoms with Crippen molar-refractivity contribution in [1.82, 2.24) is 25.8 Å². The predicted octanol–water partition coefficient (Wildman–Crippen LogP) is 4.70. The number of nitrogens with one attached hydrogen (secondary N) is 5. The highest BCUT2D eigenvalue weighted by Gasteiger charge is 2.45. The number of pyridine rings is 1. The van der Waals surface area contributed by atoms with Crippen LogP contribution in [0, 0.1) is 5.92 Å². The molecule has 2 fully saturated rings. The minimum Gasteiger partial charge on any atom is -0.375 e. The third-order valence-corrected chi connectivity index (χ3v) is 11.3. The van der Waals surface area contributed by atoms with Gasteiger partial charge in [0, 0.05) is 74.1 Å². The van der Waals surface area contributed by atoms with Gasteiger partial charge in [-0.25, -0.2) is 0 Å². The molecule has 306 valence electrons. The lowest BCUT2D eigenvalue weighted by molar-refractivity contribution is -0.136. The van der Waals surface area contributed by atoms with Crippen molar-refractivity contribution < 1.29 is 33.6 Å². The normalized spacial score (nSPS) is 17.4. The molecule has 4 heterocycles. The van der Waals surface area contributed by atoms with E-state index in [0.29, 0.717) is 62.3 Å². The summed E-state index contributed by atoms with van der Waals surface area (Å²) in [5, 5.41) is 15.3. The molecule has 0 saturated carbocycles. The number of para-hydroxylation sites is 1. The largest absolute Gasteiger partial charge is 0.375 e. The Morgan fingerprint density at radius 3 is 2.42 bits per heavy atom. The van der Waals surface area contributed by atoms with Gasteiger partial charge < -0.3 is 26.2 Å². The quantitative estimate of drug-likeness (QED) is 0.0825. The number of unbranched alkanes of at least 4 members (excludes halogenated alkanes) is 2. The number of rotatable bonds is 15.